The van der Waals surface area contributed by atoms with E-state index in [1.54, 1.807) is 36.9 Å². The van der Waals surface area contributed by atoms with Gasteiger partial charge in [-0.1, -0.05) is 0 Å². The van der Waals surface area contributed by atoms with Gasteiger partial charge in [0, 0.05) is 18.5 Å². The second kappa shape index (κ2) is 4.75. The number of carbonyl (C=O) groups excluding carboxylic acids is 1. The van der Waals surface area contributed by atoms with Gasteiger partial charge in [-0.2, -0.15) is 0 Å². The highest BCUT2D eigenvalue weighted by atomic mass is 79.9. The van der Waals surface area contributed by atoms with Crippen LogP contribution >= 0.6 is 15.9 Å². The van der Waals surface area contributed by atoms with Crippen molar-refractivity contribution in [1.82, 2.24) is 9.38 Å². The second-order valence-electron chi connectivity index (χ2n) is 3.30. The van der Waals surface area contributed by atoms with Crippen molar-refractivity contribution in [2.24, 2.45) is 0 Å². The third-order valence-corrected chi connectivity index (χ3v) is 2.81. The molecule has 0 saturated heterocycles. The van der Waals surface area contributed by atoms with Crippen LogP contribution in [0.15, 0.2) is 22.9 Å². The quantitative estimate of drug-likeness (QED) is 0.816. The lowest BCUT2D eigenvalue weighted by molar-refractivity contribution is 0.0520. The number of hydrogen-bond acceptors (Lipinski definition) is 4. The molecule has 17 heavy (non-hydrogen) atoms. The third kappa shape index (κ3) is 2.26. The van der Waals surface area contributed by atoms with Gasteiger partial charge in [0.1, 0.15) is 11.4 Å². The summed E-state index contributed by atoms with van der Waals surface area (Å²) in [5.41, 5.74) is 0.917. The van der Waals surface area contributed by atoms with Crippen molar-refractivity contribution in [3.05, 3.63) is 28.6 Å². The van der Waals surface area contributed by atoms with Gasteiger partial charge in [-0.05, 0) is 22.9 Å². The van der Waals surface area contributed by atoms with Gasteiger partial charge < -0.3 is 13.9 Å². The van der Waals surface area contributed by atoms with Crippen LogP contribution in [-0.4, -0.2) is 29.1 Å². The van der Waals surface area contributed by atoms with E-state index < -0.39 is 5.97 Å². The van der Waals surface area contributed by atoms with Gasteiger partial charge in [-0.15, -0.1) is 0 Å². The largest absolute Gasteiger partial charge is 0.495 e. The summed E-state index contributed by atoms with van der Waals surface area (Å²) < 4.78 is 12.6. The van der Waals surface area contributed by atoms with E-state index >= 15 is 0 Å². The zero-order chi connectivity index (χ0) is 12.4. The molecule has 2 rings (SSSR count). The molecule has 0 unspecified atom stereocenters. The van der Waals surface area contributed by atoms with Crippen molar-refractivity contribution >= 4 is 27.5 Å². The van der Waals surface area contributed by atoms with Crippen LogP contribution in [0.25, 0.3) is 5.65 Å². The maximum Gasteiger partial charge on any atom is 0.358 e. The third-order valence-electron chi connectivity index (χ3n) is 2.21. The Labute approximate surface area is 106 Å². The summed E-state index contributed by atoms with van der Waals surface area (Å²) in [4.78, 5) is 15.7. The number of pyridine rings is 1. The minimum Gasteiger partial charge on any atom is -0.495 e. The molecule has 2 heterocycles. The summed E-state index contributed by atoms with van der Waals surface area (Å²) in [6.07, 6.45) is 3.40. The first kappa shape index (κ1) is 11.9. The first-order valence-electron chi connectivity index (χ1n) is 5.05. The molecule has 0 atom stereocenters. The molecule has 2 aromatic heterocycles. The number of methoxy groups -OCH3 is 1. The molecule has 90 valence electrons. The van der Waals surface area contributed by atoms with Gasteiger partial charge in [0.05, 0.1) is 18.2 Å². The Hall–Kier alpha value is -1.56. The highest BCUT2D eigenvalue weighted by Crippen LogP contribution is 2.25. The van der Waals surface area contributed by atoms with Crippen molar-refractivity contribution in [2.75, 3.05) is 13.7 Å². The van der Waals surface area contributed by atoms with Crippen LogP contribution < -0.4 is 4.74 Å². The maximum absolute atomic E-state index is 11.5. The molecule has 5 nitrogen and oxygen atoms in total. The van der Waals surface area contributed by atoms with Gasteiger partial charge >= 0.3 is 5.97 Å². The van der Waals surface area contributed by atoms with E-state index in [1.165, 1.54) is 0 Å². The SMILES string of the molecule is CCOC(=O)c1cn2cc(Br)c(OC)cc2n1. The fourth-order valence-corrected chi connectivity index (χ4v) is 1.95. The Morgan fingerprint density at radius 1 is 1.53 bits per heavy atom. The van der Waals surface area contributed by atoms with Crippen LogP contribution in [0.1, 0.15) is 17.4 Å². The smallest absolute Gasteiger partial charge is 0.358 e. The Kier molecular flexibility index (Phi) is 3.33. The topological polar surface area (TPSA) is 52.8 Å². The standard InChI is InChI=1S/C11H11BrN2O3/c1-3-17-11(15)8-6-14-5-7(12)9(16-2)4-10(14)13-8/h4-6H,3H2,1-2H3. The number of hydrogen-bond donors (Lipinski definition) is 0. The predicted molar refractivity (Wildman–Crippen MR) is 65.4 cm³/mol. The van der Waals surface area contributed by atoms with Gasteiger partial charge in [-0.3, -0.25) is 0 Å². The van der Waals surface area contributed by atoms with Crippen LogP contribution in [0.4, 0.5) is 0 Å². The second-order valence-corrected chi connectivity index (χ2v) is 4.16. The maximum atomic E-state index is 11.5. The zero-order valence-corrected chi connectivity index (χ0v) is 11.0. The molecule has 0 radical (unpaired) electrons. The zero-order valence-electron chi connectivity index (χ0n) is 9.44. The molecule has 0 bridgehead atoms. The molecule has 0 aliphatic carbocycles. The van der Waals surface area contributed by atoms with Crippen LogP contribution in [0.3, 0.4) is 0 Å². The lowest BCUT2D eigenvalue weighted by Crippen LogP contribution is -2.04. The molecule has 0 amide bonds. The average molecular weight is 299 g/mol. The fraction of sp³-hybridized carbons (Fsp3) is 0.273. The summed E-state index contributed by atoms with van der Waals surface area (Å²) in [5, 5.41) is 0. The first-order chi connectivity index (χ1) is 8.15. The lowest BCUT2D eigenvalue weighted by Gasteiger charge is -2.02. The Balaban J connectivity index is 2.47. The number of carbonyl (C=O) groups is 1. The molecule has 0 fully saturated rings. The van der Waals surface area contributed by atoms with Gasteiger partial charge in [0.15, 0.2) is 5.69 Å². The van der Waals surface area contributed by atoms with Crippen LogP contribution in [0.5, 0.6) is 5.75 Å². The molecule has 0 aliphatic rings. The average Bonchev–Trinajstić information content (AvgIpc) is 2.71. The number of nitrogens with zero attached hydrogens (tertiary/aromatic N) is 2. The summed E-state index contributed by atoms with van der Waals surface area (Å²) in [6, 6.07) is 1.74. The molecular formula is C11H11BrN2O3. The van der Waals surface area contributed by atoms with Crippen LogP contribution in [0.2, 0.25) is 0 Å². The number of rotatable bonds is 3. The summed E-state index contributed by atoms with van der Waals surface area (Å²) >= 11 is 3.36. The number of aromatic nitrogens is 2. The van der Waals surface area contributed by atoms with E-state index in [2.05, 4.69) is 20.9 Å². The van der Waals surface area contributed by atoms with E-state index in [1.807, 2.05) is 0 Å². The molecule has 0 spiro atoms. The first-order valence-corrected chi connectivity index (χ1v) is 5.84. The summed E-state index contributed by atoms with van der Waals surface area (Å²) in [5.74, 6) is 0.241. The minimum absolute atomic E-state index is 0.284. The summed E-state index contributed by atoms with van der Waals surface area (Å²) in [6.45, 7) is 2.09. The molecule has 0 N–H and O–H groups in total. The fourth-order valence-electron chi connectivity index (χ4n) is 1.45. The number of ether oxygens (including phenoxy) is 2. The Morgan fingerprint density at radius 2 is 2.29 bits per heavy atom. The number of imidazole rings is 1. The molecule has 0 aliphatic heterocycles. The number of fused-ring (bicyclic) bond motifs is 1. The highest BCUT2D eigenvalue weighted by Gasteiger charge is 2.13. The van der Waals surface area contributed by atoms with Crippen molar-refractivity contribution in [1.29, 1.82) is 0 Å². The van der Waals surface area contributed by atoms with Gasteiger partial charge in [-0.25, -0.2) is 9.78 Å². The predicted octanol–water partition coefficient (Wildman–Crippen LogP) is 2.28. The molecule has 0 aromatic carbocycles. The molecular weight excluding hydrogens is 288 g/mol. The molecule has 2 aromatic rings. The normalized spacial score (nSPS) is 10.5. The molecule has 0 saturated carbocycles. The van der Waals surface area contributed by atoms with Crippen LogP contribution in [0, 0.1) is 0 Å². The number of esters is 1. The van der Waals surface area contributed by atoms with Gasteiger partial charge in [0.2, 0.25) is 0 Å². The van der Waals surface area contributed by atoms with E-state index in [-0.39, 0.29) is 5.69 Å². The van der Waals surface area contributed by atoms with Gasteiger partial charge in [0.25, 0.3) is 0 Å². The minimum atomic E-state index is -0.425. The van der Waals surface area contributed by atoms with Crippen molar-refractivity contribution < 1.29 is 14.3 Å². The number of halogens is 1. The lowest BCUT2D eigenvalue weighted by atomic mass is 10.4. The van der Waals surface area contributed by atoms with E-state index in [4.69, 9.17) is 9.47 Å². The molecule has 6 heteroatoms. The van der Waals surface area contributed by atoms with E-state index in [9.17, 15) is 4.79 Å². The summed E-state index contributed by atoms with van der Waals surface area (Å²) in [7, 11) is 1.58. The van der Waals surface area contributed by atoms with Crippen molar-refractivity contribution in [3.63, 3.8) is 0 Å². The van der Waals surface area contributed by atoms with E-state index in [0.29, 0.717) is 18.0 Å². The van der Waals surface area contributed by atoms with Crippen molar-refractivity contribution in [3.8, 4) is 5.75 Å². The highest BCUT2D eigenvalue weighted by molar-refractivity contribution is 9.10. The van der Waals surface area contributed by atoms with Crippen molar-refractivity contribution in [2.45, 2.75) is 6.92 Å². The van der Waals surface area contributed by atoms with E-state index in [0.717, 1.165) is 4.47 Å². The Bertz CT molecular complexity index is 565. The van der Waals surface area contributed by atoms with Crippen LogP contribution in [-0.2, 0) is 4.74 Å². The monoisotopic (exact) mass is 298 g/mol. The Morgan fingerprint density at radius 3 is 2.94 bits per heavy atom.